The van der Waals surface area contributed by atoms with Crippen LogP contribution in [0.5, 0.6) is 0 Å². The van der Waals surface area contributed by atoms with Crippen molar-refractivity contribution >= 4 is 43.4 Å². The number of nitrogens with zero attached hydrogens (tertiary/aromatic N) is 3. The van der Waals surface area contributed by atoms with Gasteiger partial charge in [0.15, 0.2) is 0 Å². The normalized spacial score (nSPS) is 11.2. The monoisotopic (exact) mass is 697 g/mol. The Morgan fingerprint density at radius 3 is 1.56 bits per heavy atom. The molecule has 0 aliphatic heterocycles. The van der Waals surface area contributed by atoms with Gasteiger partial charge in [0.1, 0.15) is 6.07 Å². The molecule has 1 aromatic heterocycles. The van der Waals surface area contributed by atoms with Gasteiger partial charge in [-0.25, -0.2) is 0 Å². The molecule has 0 radical (unpaired) electrons. The predicted molar refractivity (Wildman–Crippen MR) is 227 cm³/mol. The fraction of sp³-hybridized carbons (Fsp3) is 0. The Morgan fingerprint density at radius 1 is 0.345 bits per heavy atom. The van der Waals surface area contributed by atoms with Crippen molar-refractivity contribution in [2.75, 3.05) is 0 Å². The highest BCUT2D eigenvalue weighted by Crippen LogP contribution is 2.46. The number of hydrogen-bond donors (Lipinski definition) is 0. The minimum atomic E-state index is 0.580. The quantitative estimate of drug-likeness (QED) is 0.168. The van der Waals surface area contributed by atoms with Crippen molar-refractivity contribution in [1.82, 2.24) is 4.57 Å². The summed E-state index contributed by atoms with van der Waals surface area (Å²) in [6.07, 6.45) is 0. The first-order valence-corrected chi connectivity index (χ1v) is 18.4. The van der Waals surface area contributed by atoms with Gasteiger partial charge in [0.05, 0.1) is 33.9 Å². The van der Waals surface area contributed by atoms with Crippen molar-refractivity contribution in [3.8, 4) is 62.3 Å². The second kappa shape index (κ2) is 13.0. The summed E-state index contributed by atoms with van der Waals surface area (Å²) in [4.78, 5) is 0. The van der Waals surface area contributed by atoms with Crippen LogP contribution in [0.4, 0.5) is 0 Å². The zero-order valence-corrected chi connectivity index (χ0v) is 29.7. The van der Waals surface area contributed by atoms with Crippen LogP contribution in [0.15, 0.2) is 188 Å². The summed E-state index contributed by atoms with van der Waals surface area (Å²) in [6.45, 7) is 0. The fourth-order valence-corrected chi connectivity index (χ4v) is 8.43. The smallest absolute Gasteiger partial charge is 0.101 e. The van der Waals surface area contributed by atoms with E-state index in [1.807, 2.05) is 42.5 Å². The lowest BCUT2D eigenvalue weighted by Crippen LogP contribution is -1.98. The maximum Gasteiger partial charge on any atom is 0.101 e. The van der Waals surface area contributed by atoms with Gasteiger partial charge in [-0.15, -0.1) is 0 Å². The third-order valence-corrected chi connectivity index (χ3v) is 10.9. The molecule has 0 spiro atoms. The zero-order valence-electron chi connectivity index (χ0n) is 29.7. The Hall–Kier alpha value is -7.72. The van der Waals surface area contributed by atoms with Gasteiger partial charge in [0.2, 0.25) is 0 Å². The van der Waals surface area contributed by atoms with E-state index in [4.69, 9.17) is 0 Å². The molecular formula is C52H31N3. The number of fused-ring (bicyclic) bond motifs is 5. The summed E-state index contributed by atoms with van der Waals surface area (Å²) in [5.74, 6) is 0. The van der Waals surface area contributed by atoms with Crippen LogP contribution < -0.4 is 0 Å². The van der Waals surface area contributed by atoms with Gasteiger partial charge in [0, 0.05) is 10.8 Å². The predicted octanol–water partition coefficient (Wildman–Crippen LogP) is 13.5. The lowest BCUT2D eigenvalue weighted by atomic mass is 9.84. The minimum absolute atomic E-state index is 0.580. The van der Waals surface area contributed by atoms with E-state index in [-0.39, 0.29) is 0 Å². The van der Waals surface area contributed by atoms with Gasteiger partial charge in [0.25, 0.3) is 0 Å². The van der Waals surface area contributed by atoms with Crippen LogP contribution in [0.25, 0.3) is 93.5 Å². The standard InChI is InChI=1S/C52H31N3/c53-32-34-22-28-50-47(30-34)41-15-10-11-21-49(41)55(50)48-29-27-38(31-39(48)33-54)35-23-25-36(26-24-35)40-14-4-5-16-42(40)52-45-19-8-6-17-43(45)51(37-12-2-1-3-13-37)44-18-7-9-20-46(44)52/h1-31H. The molecule has 0 N–H and O–H groups in total. The van der Waals surface area contributed by atoms with Crippen LogP contribution in [0.1, 0.15) is 11.1 Å². The third-order valence-electron chi connectivity index (χ3n) is 10.9. The highest BCUT2D eigenvalue weighted by Gasteiger charge is 2.19. The molecule has 3 heteroatoms. The van der Waals surface area contributed by atoms with Gasteiger partial charge in [-0.05, 0) is 102 Å². The van der Waals surface area contributed by atoms with E-state index in [1.54, 1.807) is 0 Å². The Bertz CT molecular complexity index is 3150. The zero-order chi connectivity index (χ0) is 36.9. The van der Waals surface area contributed by atoms with E-state index in [9.17, 15) is 10.5 Å². The van der Waals surface area contributed by atoms with Crippen LogP contribution in [0.2, 0.25) is 0 Å². The number of benzene rings is 9. The van der Waals surface area contributed by atoms with E-state index in [0.717, 1.165) is 49.7 Å². The second-order valence-electron chi connectivity index (χ2n) is 13.9. The van der Waals surface area contributed by atoms with Gasteiger partial charge in [-0.2, -0.15) is 10.5 Å². The number of hydrogen-bond acceptors (Lipinski definition) is 2. The number of aromatic nitrogens is 1. The number of para-hydroxylation sites is 1. The Morgan fingerprint density at radius 2 is 0.891 bits per heavy atom. The summed E-state index contributed by atoms with van der Waals surface area (Å²) in [6, 6.07) is 70.4. The van der Waals surface area contributed by atoms with Gasteiger partial charge < -0.3 is 4.57 Å². The highest BCUT2D eigenvalue weighted by molar-refractivity contribution is 6.22. The molecule has 0 bridgehead atoms. The van der Waals surface area contributed by atoms with Crippen molar-refractivity contribution in [2.45, 2.75) is 0 Å². The van der Waals surface area contributed by atoms with Crippen LogP contribution >= 0.6 is 0 Å². The molecule has 55 heavy (non-hydrogen) atoms. The molecule has 0 aliphatic carbocycles. The molecule has 0 atom stereocenters. The lowest BCUT2D eigenvalue weighted by Gasteiger charge is -2.19. The summed E-state index contributed by atoms with van der Waals surface area (Å²) < 4.78 is 2.13. The van der Waals surface area contributed by atoms with Crippen molar-refractivity contribution < 1.29 is 0 Å². The first-order chi connectivity index (χ1) is 27.2. The molecule has 3 nitrogen and oxygen atoms in total. The van der Waals surface area contributed by atoms with E-state index in [1.165, 1.54) is 43.8 Å². The Kier molecular flexibility index (Phi) is 7.58. The van der Waals surface area contributed by atoms with E-state index in [2.05, 4.69) is 162 Å². The van der Waals surface area contributed by atoms with Crippen LogP contribution in [-0.2, 0) is 0 Å². The topological polar surface area (TPSA) is 52.5 Å². The fourth-order valence-electron chi connectivity index (χ4n) is 8.43. The number of rotatable bonds is 5. The van der Waals surface area contributed by atoms with E-state index < -0.39 is 0 Å². The van der Waals surface area contributed by atoms with Crippen LogP contribution in [-0.4, -0.2) is 4.57 Å². The molecule has 0 amide bonds. The lowest BCUT2D eigenvalue weighted by molar-refractivity contribution is 1.17. The maximum atomic E-state index is 10.5. The molecule has 0 unspecified atom stereocenters. The maximum absolute atomic E-state index is 10.5. The average molecular weight is 698 g/mol. The largest absolute Gasteiger partial charge is 0.308 e. The van der Waals surface area contributed by atoms with Crippen molar-refractivity contribution in [2.24, 2.45) is 0 Å². The number of nitriles is 2. The molecule has 0 saturated heterocycles. The first-order valence-electron chi connectivity index (χ1n) is 18.4. The van der Waals surface area contributed by atoms with Crippen molar-refractivity contribution in [3.05, 3.63) is 199 Å². The Balaban J connectivity index is 1.08. The van der Waals surface area contributed by atoms with Gasteiger partial charge >= 0.3 is 0 Å². The molecule has 1 heterocycles. The molecule has 10 aromatic rings. The molecule has 9 aromatic carbocycles. The minimum Gasteiger partial charge on any atom is -0.308 e. The van der Waals surface area contributed by atoms with E-state index >= 15 is 0 Å². The summed E-state index contributed by atoms with van der Waals surface area (Å²) in [5.41, 5.74) is 13.1. The molecule has 0 fully saturated rings. The van der Waals surface area contributed by atoms with Crippen molar-refractivity contribution in [3.63, 3.8) is 0 Å². The third kappa shape index (κ3) is 5.19. The average Bonchev–Trinajstić information content (AvgIpc) is 3.59. The molecule has 0 saturated carbocycles. The molecule has 10 rings (SSSR count). The van der Waals surface area contributed by atoms with Gasteiger partial charge in [-0.1, -0.05) is 152 Å². The Labute approximate surface area is 318 Å². The molecule has 254 valence electrons. The summed E-state index contributed by atoms with van der Waals surface area (Å²) in [5, 5.41) is 27.0. The van der Waals surface area contributed by atoms with E-state index in [0.29, 0.717) is 11.1 Å². The summed E-state index contributed by atoms with van der Waals surface area (Å²) >= 11 is 0. The molecule has 0 aliphatic rings. The SMILES string of the molecule is N#Cc1ccc2c(c1)c1ccccc1n2-c1ccc(-c2ccc(-c3ccccc3-c3c4ccccc4c(-c4ccccc4)c4ccccc34)cc2)cc1C#N. The van der Waals surface area contributed by atoms with Crippen molar-refractivity contribution in [1.29, 1.82) is 10.5 Å². The second-order valence-corrected chi connectivity index (χ2v) is 13.9. The van der Waals surface area contributed by atoms with Crippen LogP contribution in [0.3, 0.4) is 0 Å². The first kappa shape index (κ1) is 32.0. The summed E-state index contributed by atoms with van der Waals surface area (Å²) in [7, 11) is 0. The van der Waals surface area contributed by atoms with Gasteiger partial charge in [-0.3, -0.25) is 0 Å². The molecular weight excluding hydrogens is 667 g/mol. The van der Waals surface area contributed by atoms with Crippen LogP contribution in [0, 0.1) is 22.7 Å². The highest BCUT2D eigenvalue weighted by atomic mass is 15.0.